The summed E-state index contributed by atoms with van der Waals surface area (Å²) < 4.78 is 5.37. The number of benzene rings is 2. The number of hydrogen-bond acceptors (Lipinski definition) is 5. The van der Waals surface area contributed by atoms with Crippen LogP contribution >= 0.6 is 11.3 Å². The summed E-state index contributed by atoms with van der Waals surface area (Å²) in [4.78, 5) is 31.2. The third-order valence-electron chi connectivity index (χ3n) is 5.14. The molecule has 1 aromatic heterocycles. The zero-order valence-electron chi connectivity index (χ0n) is 16.9. The number of thiazole rings is 1. The molecule has 4 rings (SSSR count). The maximum atomic E-state index is 13.1. The topological polar surface area (TPSA) is 80.3 Å². The number of methoxy groups -OCH3 is 1. The van der Waals surface area contributed by atoms with Gasteiger partial charge in [0, 0.05) is 10.4 Å². The number of amides is 2. The van der Waals surface area contributed by atoms with E-state index < -0.39 is 0 Å². The van der Waals surface area contributed by atoms with Gasteiger partial charge in [0.05, 0.1) is 24.4 Å². The van der Waals surface area contributed by atoms with Crippen molar-refractivity contribution in [2.24, 2.45) is 0 Å². The van der Waals surface area contributed by atoms with E-state index in [1.165, 1.54) is 11.3 Å². The molecular weight excluding hydrogens is 398 g/mol. The Morgan fingerprint density at radius 3 is 2.70 bits per heavy atom. The number of nitrogens with zero attached hydrogens (tertiary/aromatic N) is 1. The minimum atomic E-state index is -0.349. The normalized spacial score (nSPS) is 15.2. The fourth-order valence-corrected chi connectivity index (χ4v) is 4.69. The summed E-state index contributed by atoms with van der Waals surface area (Å²) >= 11 is 1.45. The molecule has 1 unspecified atom stereocenters. The molecule has 0 saturated carbocycles. The minimum absolute atomic E-state index is 0.105. The number of aromatic nitrogens is 1. The largest absolute Gasteiger partial charge is 0.495 e. The van der Waals surface area contributed by atoms with Gasteiger partial charge >= 0.3 is 0 Å². The molecule has 1 aliphatic rings. The van der Waals surface area contributed by atoms with Crippen molar-refractivity contribution in [2.75, 3.05) is 17.7 Å². The molecule has 2 N–H and O–H groups in total. The molecule has 30 heavy (non-hydrogen) atoms. The number of fused-ring (bicyclic) bond motifs is 1. The average Bonchev–Trinajstić information content (AvgIpc) is 3.16. The Bertz CT molecular complexity index is 1080. The number of aryl methyl sites for hydroxylation is 2. The van der Waals surface area contributed by atoms with Gasteiger partial charge in [-0.1, -0.05) is 24.3 Å². The standard InChI is InChI=1S/C23H23N3O3S/c1-14-11-12-18(29-2)17(13-14)24-22(28)16-9-6-10-19-20(16)25-23(30-19)26-21(27)15-7-4-3-5-8-15/h3-5,7-8,11-13,16H,6,9-10H2,1-2H3,(H,24,28)(H,25,26,27). The van der Waals surface area contributed by atoms with Crippen LogP contribution in [0, 0.1) is 6.92 Å². The fraction of sp³-hybridized carbons (Fsp3) is 0.261. The van der Waals surface area contributed by atoms with Gasteiger partial charge in [0.1, 0.15) is 5.75 Å². The van der Waals surface area contributed by atoms with E-state index in [-0.39, 0.29) is 17.7 Å². The number of hydrogen-bond donors (Lipinski definition) is 2. The fourth-order valence-electron chi connectivity index (χ4n) is 3.63. The highest BCUT2D eigenvalue weighted by Gasteiger charge is 2.31. The second-order valence-corrected chi connectivity index (χ2v) is 8.37. The highest BCUT2D eigenvalue weighted by molar-refractivity contribution is 7.16. The van der Waals surface area contributed by atoms with E-state index in [0.29, 0.717) is 22.1 Å². The van der Waals surface area contributed by atoms with Crippen LogP contribution in [0.5, 0.6) is 5.75 Å². The lowest BCUT2D eigenvalue weighted by atomic mass is 9.90. The first kappa shape index (κ1) is 20.1. The van der Waals surface area contributed by atoms with Crippen LogP contribution in [0.25, 0.3) is 0 Å². The van der Waals surface area contributed by atoms with Crippen molar-refractivity contribution in [2.45, 2.75) is 32.1 Å². The molecule has 0 saturated heterocycles. The molecule has 1 aliphatic carbocycles. The molecule has 0 radical (unpaired) electrons. The minimum Gasteiger partial charge on any atom is -0.495 e. The molecular formula is C23H23N3O3S. The van der Waals surface area contributed by atoms with Gasteiger partial charge in [-0.25, -0.2) is 4.98 Å². The van der Waals surface area contributed by atoms with Crippen LogP contribution in [0.15, 0.2) is 48.5 Å². The number of rotatable bonds is 5. The third kappa shape index (κ3) is 4.21. The smallest absolute Gasteiger partial charge is 0.257 e. The van der Waals surface area contributed by atoms with Gasteiger partial charge in [-0.3, -0.25) is 14.9 Å². The summed E-state index contributed by atoms with van der Waals surface area (Å²) in [5.74, 6) is -0.0325. The summed E-state index contributed by atoms with van der Waals surface area (Å²) in [6.45, 7) is 1.97. The van der Waals surface area contributed by atoms with Crippen LogP contribution in [-0.2, 0) is 11.2 Å². The molecule has 154 valence electrons. The monoisotopic (exact) mass is 421 g/mol. The lowest BCUT2D eigenvalue weighted by molar-refractivity contribution is -0.118. The van der Waals surface area contributed by atoms with Gasteiger partial charge in [0.2, 0.25) is 5.91 Å². The second-order valence-electron chi connectivity index (χ2n) is 7.29. The highest BCUT2D eigenvalue weighted by Crippen LogP contribution is 2.38. The molecule has 0 bridgehead atoms. The highest BCUT2D eigenvalue weighted by atomic mass is 32.1. The lowest BCUT2D eigenvalue weighted by Gasteiger charge is -2.21. The predicted molar refractivity (Wildman–Crippen MR) is 119 cm³/mol. The molecule has 2 aromatic carbocycles. The summed E-state index contributed by atoms with van der Waals surface area (Å²) in [6, 6.07) is 14.7. The van der Waals surface area contributed by atoms with Crippen LogP contribution in [-0.4, -0.2) is 23.9 Å². The molecule has 3 aromatic rings. The molecule has 6 nitrogen and oxygen atoms in total. The van der Waals surface area contributed by atoms with Crippen molar-refractivity contribution in [1.29, 1.82) is 0 Å². The van der Waals surface area contributed by atoms with Crippen LogP contribution in [0.2, 0.25) is 0 Å². The van der Waals surface area contributed by atoms with E-state index in [4.69, 9.17) is 4.74 Å². The Morgan fingerprint density at radius 1 is 1.13 bits per heavy atom. The Hall–Kier alpha value is -3.19. The van der Waals surface area contributed by atoms with E-state index in [1.54, 1.807) is 19.2 Å². The Morgan fingerprint density at radius 2 is 1.93 bits per heavy atom. The molecule has 1 heterocycles. The van der Waals surface area contributed by atoms with Crippen LogP contribution in [0.1, 0.15) is 45.3 Å². The van der Waals surface area contributed by atoms with Gasteiger partial charge in [-0.15, -0.1) is 11.3 Å². The maximum Gasteiger partial charge on any atom is 0.257 e. The Kier molecular flexibility index (Phi) is 5.81. The van der Waals surface area contributed by atoms with E-state index in [9.17, 15) is 9.59 Å². The first-order chi connectivity index (χ1) is 14.5. The van der Waals surface area contributed by atoms with Gasteiger partial charge < -0.3 is 10.1 Å². The van der Waals surface area contributed by atoms with E-state index >= 15 is 0 Å². The zero-order valence-corrected chi connectivity index (χ0v) is 17.7. The summed E-state index contributed by atoms with van der Waals surface area (Å²) in [5, 5.41) is 6.40. The molecule has 0 aliphatic heterocycles. The van der Waals surface area contributed by atoms with Crippen molar-refractivity contribution in [3.8, 4) is 5.75 Å². The Balaban J connectivity index is 1.53. The SMILES string of the molecule is COc1ccc(C)cc1NC(=O)C1CCCc2sc(NC(=O)c3ccccc3)nc21. The zero-order chi connectivity index (χ0) is 21.1. The van der Waals surface area contributed by atoms with Crippen molar-refractivity contribution in [3.63, 3.8) is 0 Å². The Labute approximate surface area is 179 Å². The summed E-state index contributed by atoms with van der Waals surface area (Å²) in [6.07, 6.45) is 2.50. The van der Waals surface area contributed by atoms with Crippen LogP contribution in [0.3, 0.4) is 0 Å². The summed E-state index contributed by atoms with van der Waals surface area (Å²) in [7, 11) is 1.58. The molecule has 7 heteroatoms. The quantitative estimate of drug-likeness (QED) is 0.622. The maximum absolute atomic E-state index is 13.1. The third-order valence-corrected chi connectivity index (χ3v) is 6.19. The number of carbonyl (C=O) groups is 2. The van der Waals surface area contributed by atoms with Crippen molar-refractivity contribution < 1.29 is 14.3 Å². The number of nitrogens with one attached hydrogen (secondary N) is 2. The average molecular weight is 422 g/mol. The summed E-state index contributed by atoms with van der Waals surface area (Å²) in [5.41, 5.74) is 3.03. The first-order valence-corrected chi connectivity index (χ1v) is 10.7. The van der Waals surface area contributed by atoms with Gasteiger partial charge in [0.15, 0.2) is 5.13 Å². The number of ether oxygens (including phenoxy) is 1. The van der Waals surface area contributed by atoms with E-state index in [1.807, 2.05) is 43.3 Å². The van der Waals surface area contributed by atoms with E-state index in [0.717, 1.165) is 35.4 Å². The van der Waals surface area contributed by atoms with Crippen LogP contribution in [0.4, 0.5) is 10.8 Å². The van der Waals surface area contributed by atoms with Gasteiger partial charge in [-0.05, 0) is 56.0 Å². The molecule has 0 spiro atoms. The van der Waals surface area contributed by atoms with Crippen molar-refractivity contribution in [1.82, 2.24) is 4.98 Å². The molecule has 1 atom stereocenters. The van der Waals surface area contributed by atoms with Crippen LogP contribution < -0.4 is 15.4 Å². The lowest BCUT2D eigenvalue weighted by Crippen LogP contribution is -2.25. The number of carbonyl (C=O) groups excluding carboxylic acids is 2. The van der Waals surface area contributed by atoms with E-state index in [2.05, 4.69) is 15.6 Å². The van der Waals surface area contributed by atoms with Crippen molar-refractivity contribution >= 4 is 34.0 Å². The molecule has 2 amide bonds. The number of anilines is 2. The molecule has 0 fully saturated rings. The second kappa shape index (κ2) is 8.67. The van der Waals surface area contributed by atoms with Gasteiger partial charge in [0.25, 0.3) is 5.91 Å². The predicted octanol–water partition coefficient (Wildman–Crippen LogP) is 4.77. The first-order valence-electron chi connectivity index (χ1n) is 9.86. The van der Waals surface area contributed by atoms with Crippen molar-refractivity contribution in [3.05, 3.63) is 70.2 Å². The van der Waals surface area contributed by atoms with Gasteiger partial charge in [-0.2, -0.15) is 0 Å².